The van der Waals surface area contributed by atoms with Gasteiger partial charge in [0.1, 0.15) is 5.75 Å². The first-order valence-corrected chi connectivity index (χ1v) is 15.1. The number of aromatic nitrogens is 3. The molecule has 5 N–H and O–H groups in total. The second-order valence-electron chi connectivity index (χ2n) is 11.2. The van der Waals surface area contributed by atoms with E-state index in [0.717, 1.165) is 23.7 Å². The number of anilines is 3. The molecular formula is C29H33BrF3N7O4. The van der Waals surface area contributed by atoms with Crippen LogP contribution in [0.25, 0.3) is 0 Å². The van der Waals surface area contributed by atoms with Gasteiger partial charge in [-0.15, -0.1) is 0 Å². The molecule has 0 bridgehead atoms. The number of hydrogen-bond donors (Lipinski definition) is 4. The SMILES string of the molecule is NCC1(CNC(=O)c2ccc(Nc3nc(NCc4ccc(OCC5(CBr)COC5)cc4)nc(OCC(F)(F)F)n3)cc2)CC1. The van der Waals surface area contributed by atoms with E-state index in [-0.39, 0.29) is 35.2 Å². The van der Waals surface area contributed by atoms with Crippen LogP contribution in [0.2, 0.25) is 0 Å². The number of benzene rings is 2. The zero-order valence-electron chi connectivity index (χ0n) is 23.8. The molecule has 44 heavy (non-hydrogen) atoms. The van der Waals surface area contributed by atoms with Crippen LogP contribution in [-0.2, 0) is 11.3 Å². The van der Waals surface area contributed by atoms with Crippen LogP contribution in [0.3, 0.4) is 0 Å². The van der Waals surface area contributed by atoms with Crippen LogP contribution in [-0.4, -0.2) is 71.9 Å². The quantitative estimate of drug-likeness (QED) is 0.170. The molecule has 2 aromatic carbocycles. The van der Waals surface area contributed by atoms with Gasteiger partial charge in [0, 0.05) is 35.1 Å². The Kier molecular flexibility index (Phi) is 9.75. The summed E-state index contributed by atoms with van der Waals surface area (Å²) in [5.41, 5.74) is 7.59. The summed E-state index contributed by atoms with van der Waals surface area (Å²) in [6, 6.07) is 13.4. The van der Waals surface area contributed by atoms with E-state index >= 15 is 0 Å². The van der Waals surface area contributed by atoms with Crippen molar-refractivity contribution in [2.75, 3.05) is 55.5 Å². The van der Waals surface area contributed by atoms with Gasteiger partial charge in [0.15, 0.2) is 6.61 Å². The van der Waals surface area contributed by atoms with Crippen molar-refractivity contribution < 1.29 is 32.2 Å². The molecule has 0 unspecified atom stereocenters. The summed E-state index contributed by atoms with van der Waals surface area (Å²) < 4.78 is 54.5. The molecule has 1 saturated carbocycles. The first-order chi connectivity index (χ1) is 21.1. The van der Waals surface area contributed by atoms with Gasteiger partial charge in [-0.1, -0.05) is 28.1 Å². The molecule has 0 spiro atoms. The lowest BCUT2D eigenvalue weighted by atomic mass is 9.90. The Hall–Kier alpha value is -3.69. The van der Waals surface area contributed by atoms with E-state index in [1.807, 2.05) is 24.3 Å². The fourth-order valence-electron chi connectivity index (χ4n) is 4.25. The molecule has 2 heterocycles. The number of amides is 1. The number of nitrogens with zero attached hydrogens (tertiary/aromatic N) is 3. The van der Waals surface area contributed by atoms with Crippen LogP contribution in [0.5, 0.6) is 11.8 Å². The molecule has 0 atom stereocenters. The van der Waals surface area contributed by atoms with Crippen molar-refractivity contribution in [3.8, 4) is 11.8 Å². The second kappa shape index (κ2) is 13.5. The average Bonchev–Trinajstić information content (AvgIpc) is 3.78. The van der Waals surface area contributed by atoms with Gasteiger partial charge in [-0.25, -0.2) is 0 Å². The number of carbonyl (C=O) groups is 1. The van der Waals surface area contributed by atoms with Crippen LogP contribution < -0.4 is 31.2 Å². The minimum Gasteiger partial charge on any atom is -0.493 e. The number of hydrogen-bond acceptors (Lipinski definition) is 10. The molecular weight excluding hydrogens is 647 g/mol. The summed E-state index contributed by atoms with van der Waals surface area (Å²) in [6.07, 6.45) is -2.57. The molecule has 15 heteroatoms. The maximum Gasteiger partial charge on any atom is 0.422 e. The lowest BCUT2D eigenvalue weighted by Gasteiger charge is -2.39. The first-order valence-electron chi connectivity index (χ1n) is 14.0. The second-order valence-corrected chi connectivity index (χ2v) is 11.7. The molecule has 1 aliphatic carbocycles. The summed E-state index contributed by atoms with van der Waals surface area (Å²) in [5.74, 6) is 0.455. The molecule has 1 amide bonds. The zero-order chi connectivity index (χ0) is 31.2. The summed E-state index contributed by atoms with van der Waals surface area (Å²) >= 11 is 3.51. The van der Waals surface area contributed by atoms with Gasteiger partial charge in [0.2, 0.25) is 11.9 Å². The number of carbonyl (C=O) groups excluding carboxylic acids is 1. The van der Waals surface area contributed by atoms with Crippen LogP contribution >= 0.6 is 15.9 Å². The standard InChI is InChI=1S/C29H33BrF3N7O4/c30-12-28(15-42-16-28)17-43-22-7-1-19(2-8-22)11-35-24-38-25(40-26(39-24)44-18-29(31,32)33)37-21-5-3-20(4-6-21)23(41)36-14-27(13-34)9-10-27/h1-8H,9-18,34H2,(H,36,41)(H2,35,37,38,39,40). The van der Waals surface area contributed by atoms with E-state index in [1.54, 1.807) is 24.3 Å². The maximum atomic E-state index is 12.8. The Morgan fingerprint density at radius 1 is 0.977 bits per heavy atom. The van der Waals surface area contributed by atoms with Crippen molar-refractivity contribution in [2.45, 2.75) is 25.6 Å². The molecule has 1 aliphatic heterocycles. The van der Waals surface area contributed by atoms with Crippen molar-refractivity contribution >= 4 is 39.4 Å². The summed E-state index contributed by atoms with van der Waals surface area (Å²) in [4.78, 5) is 24.8. The summed E-state index contributed by atoms with van der Waals surface area (Å²) in [7, 11) is 0. The van der Waals surface area contributed by atoms with E-state index in [9.17, 15) is 18.0 Å². The highest BCUT2D eigenvalue weighted by Gasteiger charge is 2.41. The van der Waals surface area contributed by atoms with Gasteiger partial charge < -0.3 is 35.9 Å². The Morgan fingerprint density at radius 2 is 1.68 bits per heavy atom. The lowest BCUT2D eigenvalue weighted by molar-refractivity contribution is -0.154. The average molecular weight is 681 g/mol. The molecule has 1 aromatic heterocycles. The first kappa shape index (κ1) is 31.7. The summed E-state index contributed by atoms with van der Waals surface area (Å²) in [6.45, 7) is 1.60. The minimum atomic E-state index is -4.57. The number of ether oxygens (including phenoxy) is 3. The number of rotatable bonds is 15. The molecule has 2 aliphatic rings. The van der Waals surface area contributed by atoms with Crippen molar-refractivity contribution in [2.24, 2.45) is 16.6 Å². The topological polar surface area (TPSA) is 146 Å². The Bertz CT molecular complexity index is 1410. The number of alkyl halides is 4. The smallest absolute Gasteiger partial charge is 0.422 e. The highest BCUT2D eigenvalue weighted by atomic mass is 79.9. The van der Waals surface area contributed by atoms with Crippen LogP contribution in [0.1, 0.15) is 28.8 Å². The van der Waals surface area contributed by atoms with Crippen molar-refractivity contribution in [3.63, 3.8) is 0 Å². The zero-order valence-corrected chi connectivity index (χ0v) is 25.3. The van der Waals surface area contributed by atoms with Crippen LogP contribution in [0.15, 0.2) is 48.5 Å². The van der Waals surface area contributed by atoms with Gasteiger partial charge in [-0.2, -0.15) is 28.1 Å². The van der Waals surface area contributed by atoms with Gasteiger partial charge >= 0.3 is 12.2 Å². The van der Waals surface area contributed by atoms with Crippen molar-refractivity contribution in [3.05, 3.63) is 59.7 Å². The molecule has 0 radical (unpaired) electrons. The van der Waals surface area contributed by atoms with Crippen molar-refractivity contribution in [1.29, 1.82) is 0 Å². The van der Waals surface area contributed by atoms with Gasteiger partial charge in [0.25, 0.3) is 5.91 Å². The third-order valence-corrected chi connectivity index (χ3v) is 8.61. The van der Waals surface area contributed by atoms with Crippen LogP contribution in [0.4, 0.5) is 30.8 Å². The predicted octanol–water partition coefficient (Wildman–Crippen LogP) is 4.43. The Balaban J connectivity index is 1.21. The van der Waals surface area contributed by atoms with Gasteiger partial charge in [0.05, 0.1) is 25.2 Å². The molecule has 2 fully saturated rings. The van der Waals surface area contributed by atoms with Gasteiger partial charge in [-0.3, -0.25) is 4.79 Å². The van der Waals surface area contributed by atoms with Gasteiger partial charge in [-0.05, 0) is 61.3 Å². The molecule has 5 rings (SSSR count). The van der Waals surface area contributed by atoms with Crippen LogP contribution in [0, 0.1) is 10.8 Å². The summed E-state index contributed by atoms with van der Waals surface area (Å²) in [5, 5.41) is 9.63. The maximum absolute atomic E-state index is 12.8. The third-order valence-electron chi connectivity index (χ3n) is 7.42. The molecule has 11 nitrogen and oxygen atoms in total. The fraction of sp³-hybridized carbons (Fsp3) is 0.448. The fourth-order valence-corrected chi connectivity index (χ4v) is 4.73. The van der Waals surface area contributed by atoms with E-state index < -0.39 is 18.8 Å². The Labute approximate surface area is 260 Å². The minimum absolute atomic E-state index is 0.00735. The predicted molar refractivity (Wildman–Crippen MR) is 160 cm³/mol. The Morgan fingerprint density at radius 3 is 2.27 bits per heavy atom. The van der Waals surface area contributed by atoms with E-state index in [1.165, 1.54) is 0 Å². The normalized spacial score (nSPS) is 16.4. The molecule has 3 aromatic rings. The van der Waals surface area contributed by atoms with Crippen molar-refractivity contribution in [1.82, 2.24) is 20.3 Å². The monoisotopic (exact) mass is 679 g/mol. The highest BCUT2D eigenvalue weighted by Crippen LogP contribution is 2.43. The number of nitrogens with one attached hydrogen (secondary N) is 3. The number of nitrogens with two attached hydrogens (primary N) is 1. The largest absolute Gasteiger partial charge is 0.493 e. The highest BCUT2D eigenvalue weighted by molar-refractivity contribution is 9.09. The van der Waals surface area contributed by atoms with E-state index in [2.05, 4.69) is 46.8 Å². The lowest BCUT2D eigenvalue weighted by Crippen LogP contribution is -2.48. The van der Waals surface area contributed by atoms with E-state index in [0.29, 0.717) is 49.9 Å². The molecule has 236 valence electrons. The number of halogens is 4. The third kappa shape index (κ3) is 8.70. The van der Waals surface area contributed by atoms with E-state index in [4.69, 9.17) is 19.9 Å². The molecule has 1 saturated heterocycles.